The van der Waals surface area contributed by atoms with Crippen LogP contribution in [0.1, 0.15) is 53.2 Å². The lowest BCUT2D eigenvalue weighted by atomic mass is 9.97. The van der Waals surface area contributed by atoms with E-state index in [1.807, 2.05) is 19.1 Å². The van der Waals surface area contributed by atoms with Crippen LogP contribution in [0, 0.1) is 6.92 Å². The summed E-state index contributed by atoms with van der Waals surface area (Å²) in [6.45, 7) is 5.64. The summed E-state index contributed by atoms with van der Waals surface area (Å²) in [5.41, 5.74) is 2.86. The van der Waals surface area contributed by atoms with Gasteiger partial charge in [0.05, 0.1) is 11.1 Å². The maximum Gasteiger partial charge on any atom is 0.232 e. The zero-order chi connectivity index (χ0) is 19.0. The minimum Gasteiger partial charge on any atom is -0.507 e. The average molecular weight is 364 g/mol. The summed E-state index contributed by atoms with van der Waals surface area (Å²) in [4.78, 5) is 19.3. The smallest absolute Gasteiger partial charge is 0.232 e. The molecule has 27 heavy (non-hydrogen) atoms. The van der Waals surface area contributed by atoms with Crippen molar-refractivity contribution in [2.45, 2.75) is 45.7 Å². The first kappa shape index (κ1) is 17.7. The van der Waals surface area contributed by atoms with Gasteiger partial charge in [-0.05, 0) is 68.6 Å². The Hall–Kier alpha value is -2.66. The average Bonchev–Trinajstić information content (AvgIpc) is 2.97. The fourth-order valence-corrected chi connectivity index (χ4v) is 3.94. The standard InChI is InChI=1S/C22H24N2O3/c1-14-11-18(25)17(13-24-10-4-3-5-15(24)2)22-20(14)21(26)19(27-22)12-16-6-8-23-9-7-16/h6-9,11-12,15,25H,3-5,10,13H2,1-2H3/t15-/m1/s1. The number of nitrogens with zero attached hydrogens (tertiary/aromatic N) is 2. The van der Waals surface area contributed by atoms with Crippen LogP contribution < -0.4 is 4.74 Å². The molecule has 0 unspecified atom stereocenters. The van der Waals surface area contributed by atoms with E-state index in [0.29, 0.717) is 29.5 Å². The number of piperidine rings is 1. The highest BCUT2D eigenvalue weighted by molar-refractivity contribution is 6.15. The highest BCUT2D eigenvalue weighted by atomic mass is 16.5. The van der Waals surface area contributed by atoms with Crippen LogP contribution in [0.3, 0.4) is 0 Å². The Morgan fingerprint density at radius 2 is 2.11 bits per heavy atom. The third-order valence-corrected chi connectivity index (χ3v) is 5.53. The number of phenols is 1. The summed E-state index contributed by atoms with van der Waals surface area (Å²) in [6.07, 6.45) is 8.64. The van der Waals surface area contributed by atoms with Gasteiger partial charge in [0, 0.05) is 25.0 Å². The number of aryl methyl sites for hydroxylation is 1. The Bertz CT molecular complexity index is 906. The van der Waals surface area contributed by atoms with Crippen LogP contribution in [0.4, 0.5) is 0 Å². The molecule has 3 heterocycles. The molecule has 140 valence electrons. The number of ketones is 1. The third kappa shape index (κ3) is 3.35. The predicted octanol–water partition coefficient (Wildman–Crippen LogP) is 4.09. The number of pyridine rings is 1. The minimum atomic E-state index is -0.132. The molecule has 2 aliphatic heterocycles. The van der Waals surface area contributed by atoms with E-state index in [9.17, 15) is 9.90 Å². The van der Waals surface area contributed by atoms with E-state index in [1.165, 1.54) is 6.42 Å². The van der Waals surface area contributed by atoms with Crippen LogP contribution in [0.25, 0.3) is 6.08 Å². The van der Waals surface area contributed by atoms with Crippen LogP contribution >= 0.6 is 0 Å². The third-order valence-electron chi connectivity index (χ3n) is 5.53. The maximum absolute atomic E-state index is 12.9. The van der Waals surface area contributed by atoms with Gasteiger partial charge < -0.3 is 9.84 Å². The first-order chi connectivity index (χ1) is 13.0. The lowest BCUT2D eigenvalue weighted by Gasteiger charge is -2.33. The number of likely N-dealkylation sites (tertiary alicyclic amines) is 1. The molecule has 0 spiro atoms. The fraction of sp³-hybridized carbons (Fsp3) is 0.364. The molecule has 1 atom stereocenters. The second-order valence-electron chi connectivity index (χ2n) is 7.43. The summed E-state index contributed by atoms with van der Waals surface area (Å²) in [7, 11) is 0. The number of carbonyl (C=O) groups excluding carboxylic acids is 1. The molecule has 0 radical (unpaired) electrons. The van der Waals surface area contributed by atoms with Gasteiger partial charge in [-0.15, -0.1) is 0 Å². The molecule has 1 fully saturated rings. The summed E-state index contributed by atoms with van der Waals surface area (Å²) in [6, 6.07) is 5.79. The molecule has 1 aromatic carbocycles. The van der Waals surface area contributed by atoms with Crippen LogP contribution in [-0.4, -0.2) is 33.4 Å². The predicted molar refractivity (Wildman–Crippen MR) is 104 cm³/mol. The van der Waals surface area contributed by atoms with Gasteiger partial charge in [0.15, 0.2) is 5.76 Å². The van der Waals surface area contributed by atoms with Crippen molar-refractivity contribution >= 4 is 11.9 Å². The van der Waals surface area contributed by atoms with Gasteiger partial charge >= 0.3 is 0 Å². The monoisotopic (exact) mass is 364 g/mol. The van der Waals surface area contributed by atoms with E-state index in [1.54, 1.807) is 24.5 Å². The molecule has 0 saturated carbocycles. The number of aromatic nitrogens is 1. The summed E-state index contributed by atoms with van der Waals surface area (Å²) in [5, 5.41) is 10.6. The number of rotatable bonds is 3. The Balaban J connectivity index is 1.71. The van der Waals surface area contributed by atoms with Crippen LogP contribution in [-0.2, 0) is 6.54 Å². The van der Waals surface area contributed by atoms with Gasteiger partial charge in [-0.2, -0.15) is 0 Å². The topological polar surface area (TPSA) is 62.7 Å². The molecule has 1 saturated heterocycles. The van der Waals surface area contributed by atoms with Crippen LogP contribution in [0.15, 0.2) is 36.4 Å². The Labute approximate surface area is 159 Å². The zero-order valence-corrected chi connectivity index (χ0v) is 15.7. The number of fused-ring (bicyclic) bond motifs is 1. The summed E-state index contributed by atoms with van der Waals surface area (Å²) >= 11 is 0. The molecule has 0 bridgehead atoms. The second-order valence-corrected chi connectivity index (χ2v) is 7.43. The first-order valence-corrected chi connectivity index (χ1v) is 9.48. The molecule has 0 amide bonds. The SMILES string of the molecule is Cc1cc(O)c(CN2CCCC[C@H]2C)c2c1C(=O)C(=Cc1ccncc1)O2. The zero-order valence-electron chi connectivity index (χ0n) is 15.7. The Kier molecular flexibility index (Phi) is 4.70. The molecule has 5 heteroatoms. The number of ether oxygens (including phenoxy) is 1. The molecule has 4 rings (SSSR count). The number of allylic oxidation sites excluding steroid dienone is 1. The largest absolute Gasteiger partial charge is 0.507 e. The molecule has 1 aromatic heterocycles. The molecule has 2 aromatic rings. The Morgan fingerprint density at radius 1 is 1.33 bits per heavy atom. The van der Waals surface area contributed by atoms with E-state index in [4.69, 9.17) is 4.74 Å². The van der Waals surface area contributed by atoms with E-state index in [2.05, 4.69) is 16.8 Å². The van der Waals surface area contributed by atoms with Crippen molar-refractivity contribution in [3.63, 3.8) is 0 Å². The van der Waals surface area contributed by atoms with Crippen LogP contribution in [0.2, 0.25) is 0 Å². The number of benzene rings is 1. The molecular weight excluding hydrogens is 340 g/mol. The Morgan fingerprint density at radius 3 is 2.85 bits per heavy atom. The minimum absolute atomic E-state index is 0.132. The van der Waals surface area contributed by atoms with Gasteiger partial charge in [-0.25, -0.2) is 0 Å². The van der Waals surface area contributed by atoms with Gasteiger partial charge in [0.1, 0.15) is 11.5 Å². The number of Topliss-reactive ketones (excluding diaryl/α,β-unsaturated/α-hetero) is 1. The van der Waals surface area contributed by atoms with Crippen molar-refractivity contribution in [2.24, 2.45) is 0 Å². The lowest BCUT2D eigenvalue weighted by Crippen LogP contribution is -2.36. The normalized spacial score (nSPS) is 21.3. The summed E-state index contributed by atoms with van der Waals surface area (Å²) < 4.78 is 6.00. The number of hydrogen-bond donors (Lipinski definition) is 1. The van der Waals surface area contributed by atoms with E-state index < -0.39 is 0 Å². The fourth-order valence-electron chi connectivity index (χ4n) is 3.94. The number of hydrogen-bond acceptors (Lipinski definition) is 5. The van der Waals surface area contributed by atoms with Gasteiger partial charge in [-0.3, -0.25) is 14.7 Å². The number of phenolic OH excluding ortho intramolecular Hbond substituents is 1. The highest BCUT2D eigenvalue weighted by Gasteiger charge is 2.34. The van der Waals surface area contributed by atoms with Crippen molar-refractivity contribution in [1.29, 1.82) is 0 Å². The molecule has 1 N–H and O–H groups in total. The highest BCUT2D eigenvalue weighted by Crippen LogP contribution is 2.42. The van der Waals surface area contributed by atoms with Crippen molar-refractivity contribution < 1.29 is 14.6 Å². The number of aromatic hydroxyl groups is 1. The molecule has 2 aliphatic rings. The number of carbonyl (C=O) groups is 1. The van der Waals surface area contributed by atoms with Crippen molar-refractivity contribution in [2.75, 3.05) is 6.54 Å². The van der Waals surface area contributed by atoms with Gasteiger partial charge in [0.2, 0.25) is 5.78 Å². The van der Waals surface area contributed by atoms with E-state index in [0.717, 1.165) is 30.5 Å². The maximum atomic E-state index is 12.9. The molecule has 0 aliphatic carbocycles. The van der Waals surface area contributed by atoms with E-state index >= 15 is 0 Å². The van der Waals surface area contributed by atoms with E-state index in [-0.39, 0.29) is 17.3 Å². The quantitative estimate of drug-likeness (QED) is 0.831. The lowest BCUT2D eigenvalue weighted by molar-refractivity contribution is 0.101. The van der Waals surface area contributed by atoms with Crippen molar-refractivity contribution in [1.82, 2.24) is 9.88 Å². The van der Waals surface area contributed by atoms with Gasteiger partial charge in [0.25, 0.3) is 0 Å². The summed E-state index contributed by atoms with van der Waals surface area (Å²) in [5.74, 6) is 0.864. The van der Waals surface area contributed by atoms with Crippen LogP contribution in [0.5, 0.6) is 11.5 Å². The molecule has 5 nitrogen and oxygen atoms in total. The molecular formula is C22H24N2O3. The van der Waals surface area contributed by atoms with Gasteiger partial charge in [-0.1, -0.05) is 6.42 Å². The first-order valence-electron chi connectivity index (χ1n) is 9.48. The van der Waals surface area contributed by atoms with Crippen molar-refractivity contribution in [3.8, 4) is 11.5 Å². The van der Waals surface area contributed by atoms with Crippen molar-refractivity contribution in [3.05, 3.63) is 58.6 Å². The second kappa shape index (κ2) is 7.16.